The van der Waals surface area contributed by atoms with Crippen molar-refractivity contribution in [3.8, 4) is 0 Å². The Labute approximate surface area is 93.6 Å². The predicted molar refractivity (Wildman–Crippen MR) is 59.5 cm³/mol. The lowest BCUT2D eigenvalue weighted by Crippen LogP contribution is -2.24. The molecule has 4 heteroatoms. The van der Waals surface area contributed by atoms with E-state index < -0.39 is 0 Å². The average molecular weight is 225 g/mol. The molecule has 2 atom stereocenters. The van der Waals surface area contributed by atoms with Gasteiger partial charge in [0.25, 0.3) is 0 Å². The fourth-order valence-corrected chi connectivity index (χ4v) is 2.21. The van der Waals surface area contributed by atoms with Crippen molar-refractivity contribution >= 4 is 17.5 Å². The van der Waals surface area contributed by atoms with Crippen LogP contribution in [-0.2, 0) is 4.79 Å². The van der Waals surface area contributed by atoms with E-state index in [1.165, 1.54) is 0 Å². The molecule has 0 bridgehead atoms. The molecule has 2 rings (SSSR count). The molecule has 0 spiro atoms. The molecule has 80 valence electrons. The van der Waals surface area contributed by atoms with E-state index in [-0.39, 0.29) is 17.9 Å². The minimum absolute atomic E-state index is 0.0775. The topological polar surface area (TPSA) is 55.1 Å². The van der Waals surface area contributed by atoms with Crippen molar-refractivity contribution in [3.63, 3.8) is 0 Å². The summed E-state index contributed by atoms with van der Waals surface area (Å²) < 4.78 is 0. The summed E-state index contributed by atoms with van der Waals surface area (Å²) in [5.41, 5.74) is 6.31. The minimum Gasteiger partial charge on any atom is -0.369 e. The SMILES string of the molecule is NC(=O)C1CNC(c2ccccc2Cl)C1. The number of benzene rings is 1. The van der Waals surface area contributed by atoms with E-state index >= 15 is 0 Å². The van der Waals surface area contributed by atoms with E-state index in [4.69, 9.17) is 17.3 Å². The molecule has 1 fully saturated rings. The average Bonchev–Trinajstić information content (AvgIpc) is 2.67. The van der Waals surface area contributed by atoms with E-state index in [0.717, 1.165) is 17.0 Å². The first kappa shape index (κ1) is 10.5. The second-order valence-corrected chi connectivity index (χ2v) is 4.22. The number of carbonyl (C=O) groups is 1. The van der Waals surface area contributed by atoms with Gasteiger partial charge in [0.15, 0.2) is 0 Å². The zero-order valence-corrected chi connectivity index (χ0v) is 9.00. The maximum Gasteiger partial charge on any atom is 0.221 e. The molecule has 15 heavy (non-hydrogen) atoms. The summed E-state index contributed by atoms with van der Waals surface area (Å²) in [6.07, 6.45) is 0.735. The van der Waals surface area contributed by atoms with Crippen molar-refractivity contribution in [2.75, 3.05) is 6.54 Å². The third-order valence-electron chi connectivity index (χ3n) is 2.81. The maximum absolute atomic E-state index is 11.0. The van der Waals surface area contributed by atoms with Crippen LogP contribution < -0.4 is 11.1 Å². The Hall–Kier alpha value is -1.06. The Bertz CT molecular complexity index is 381. The molecule has 3 nitrogen and oxygen atoms in total. The van der Waals surface area contributed by atoms with Gasteiger partial charge in [0.05, 0.1) is 5.92 Å². The first-order valence-corrected chi connectivity index (χ1v) is 5.33. The molecule has 0 radical (unpaired) electrons. The Morgan fingerprint density at radius 2 is 2.20 bits per heavy atom. The van der Waals surface area contributed by atoms with Crippen LogP contribution in [0.2, 0.25) is 5.02 Å². The van der Waals surface area contributed by atoms with Crippen LogP contribution in [0.3, 0.4) is 0 Å². The Morgan fingerprint density at radius 1 is 1.47 bits per heavy atom. The number of hydrogen-bond donors (Lipinski definition) is 2. The highest BCUT2D eigenvalue weighted by Crippen LogP contribution is 2.31. The van der Waals surface area contributed by atoms with Crippen LogP contribution in [0.1, 0.15) is 18.0 Å². The molecule has 1 amide bonds. The van der Waals surface area contributed by atoms with Crippen molar-refractivity contribution in [3.05, 3.63) is 34.9 Å². The van der Waals surface area contributed by atoms with Crippen molar-refractivity contribution in [2.45, 2.75) is 12.5 Å². The number of rotatable bonds is 2. The molecular weight excluding hydrogens is 212 g/mol. The summed E-state index contributed by atoms with van der Waals surface area (Å²) in [7, 11) is 0. The molecule has 0 aliphatic carbocycles. The Morgan fingerprint density at radius 3 is 2.80 bits per heavy atom. The van der Waals surface area contributed by atoms with Crippen molar-refractivity contribution < 1.29 is 4.79 Å². The minimum atomic E-state index is -0.239. The molecular formula is C11H13ClN2O. The smallest absolute Gasteiger partial charge is 0.221 e. The van der Waals surface area contributed by atoms with Gasteiger partial charge in [0, 0.05) is 17.6 Å². The second kappa shape index (κ2) is 4.21. The van der Waals surface area contributed by atoms with Crippen LogP contribution in [0, 0.1) is 5.92 Å². The van der Waals surface area contributed by atoms with E-state index in [1.807, 2.05) is 24.3 Å². The summed E-state index contributed by atoms with van der Waals surface area (Å²) >= 11 is 6.08. The van der Waals surface area contributed by atoms with Gasteiger partial charge in [-0.2, -0.15) is 0 Å². The fraction of sp³-hybridized carbons (Fsp3) is 0.364. The lowest BCUT2D eigenvalue weighted by molar-refractivity contribution is -0.121. The molecule has 0 saturated carbocycles. The first-order chi connectivity index (χ1) is 7.18. The summed E-state index contributed by atoms with van der Waals surface area (Å²) in [6, 6.07) is 7.82. The number of primary amides is 1. The number of nitrogens with one attached hydrogen (secondary N) is 1. The van der Waals surface area contributed by atoms with E-state index in [9.17, 15) is 4.79 Å². The summed E-state index contributed by atoms with van der Waals surface area (Å²) in [6.45, 7) is 0.644. The lowest BCUT2D eigenvalue weighted by Gasteiger charge is -2.12. The van der Waals surface area contributed by atoms with Crippen LogP contribution >= 0.6 is 11.6 Å². The molecule has 1 aliphatic rings. The molecule has 3 N–H and O–H groups in total. The number of amides is 1. The van der Waals surface area contributed by atoms with E-state index in [1.54, 1.807) is 0 Å². The van der Waals surface area contributed by atoms with Crippen molar-refractivity contribution in [2.24, 2.45) is 11.7 Å². The molecule has 1 aromatic rings. The Kier molecular flexibility index (Phi) is 2.93. The van der Waals surface area contributed by atoms with Crippen LogP contribution in [-0.4, -0.2) is 12.5 Å². The largest absolute Gasteiger partial charge is 0.369 e. The Balaban J connectivity index is 2.14. The lowest BCUT2D eigenvalue weighted by atomic mass is 10.00. The fourth-order valence-electron chi connectivity index (χ4n) is 1.95. The van der Waals surface area contributed by atoms with Crippen molar-refractivity contribution in [1.29, 1.82) is 0 Å². The second-order valence-electron chi connectivity index (χ2n) is 3.82. The molecule has 1 aromatic carbocycles. The van der Waals surface area contributed by atoms with Crippen molar-refractivity contribution in [1.82, 2.24) is 5.32 Å². The maximum atomic E-state index is 11.0. The van der Waals surface area contributed by atoms with Gasteiger partial charge in [-0.25, -0.2) is 0 Å². The highest BCUT2D eigenvalue weighted by molar-refractivity contribution is 6.31. The molecule has 0 aromatic heterocycles. The third kappa shape index (κ3) is 2.13. The summed E-state index contributed by atoms with van der Waals surface area (Å²) in [5.74, 6) is -0.316. The first-order valence-electron chi connectivity index (χ1n) is 4.95. The zero-order chi connectivity index (χ0) is 10.8. The molecule has 1 aliphatic heterocycles. The van der Waals surface area contributed by atoms with Crippen LogP contribution in [0.5, 0.6) is 0 Å². The van der Waals surface area contributed by atoms with Gasteiger partial charge in [-0.3, -0.25) is 4.79 Å². The monoisotopic (exact) mass is 224 g/mol. The highest BCUT2D eigenvalue weighted by Gasteiger charge is 2.29. The quantitative estimate of drug-likeness (QED) is 0.800. The number of nitrogens with two attached hydrogens (primary N) is 1. The highest BCUT2D eigenvalue weighted by atomic mass is 35.5. The van der Waals surface area contributed by atoms with Gasteiger partial charge >= 0.3 is 0 Å². The number of hydrogen-bond acceptors (Lipinski definition) is 2. The van der Waals surface area contributed by atoms with Gasteiger partial charge in [-0.15, -0.1) is 0 Å². The molecule has 1 saturated heterocycles. The van der Waals surface area contributed by atoms with E-state index in [0.29, 0.717) is 6.54 Å². The number of halogens is 1. The normalized spacial score (nSPS) is 25.4. The third-order valence-corrected chi connectivity index (χ3v) is 3.16. The van der Waals surface area contributed by atoms with Gasteiger partial charge < -0.3 is 11.1 Å². The summed E-state index contributed by atoms with van der Waals surface area (Å²) in [4.78, 5) is 11.0. The van der Waals surface area contributed by atoms with E-state index in [2.05, 4.69) is 5.32 Å². The standard InChI is InChI=1S/C11H13ClN2O/c12-9-4-2-1-3-8(9)10-5-7(6-14-10)11(13)15/h1-4,7,10,14H,5-6H2,(H2,13,15). The number of carbonyl (C=O) groups excluding carboxylic acids is 1. The predicted octanol–water partition coefficient (Wildman–Crippen LogP) is 1.48. The molecule has 2 unspecified atom stereocenters. The van der Waals surface area contributed by atoms with Crippen LogP contribution in [0.15, 0.2) is 24.3 Å². The zero-order valence-electron chi connectivity index (χ0n) is 8.24. The van der Waals surface area contributed by atoms with Crippen LogP contribution in [0.25, 0.3) is 0 Å². The van der Waals surface area contributed by atoms with Crippen LogP contribution in [0.4, 0.5) is 0 Å². The van der Waals surface area contributed by atoms with Gasteiger partial charge in [0.1, 0.15) is 0 Å². The summed E-state index contributed by atoms with van der Waals surface area (Å²) in [5, 5.41) is 4.00. The van der Waals surface area contributed by atoms with Gasteiger partial charge in [-0.05, 0) is 18.1 Å². The molecule has 1 heterocycles. The van der Waals surface area contributed by atoms with Gasteiger partial charge in [0.2, 0.25) is 5.91 Å². The van der Waals surface area contributed by atoms with Gasteiger partial charge in [-0.1, -0.05) is 29.8 Å².